The highest BCUT2D eigenvalue weighted by Gasteiger charge is 2.19. The van der Waals surface area contributed by atoms with Crippen LogP contribution in [0.1, 0.15) is 69.9 Å². The topological polar surface area (TPSA) is 81.2 Å². The highest BCUT2D eigenvalue weighted by Crippen LogP contribution is 2.18. The molecule has 0 fully saturated rings. The van der Waals surface area contributed by atoms with Crippen molar-refractivity contribution < 1.29 is 9.21 Å². The molecule has 1 rings (SSSR count). The first-order valence-corrected chi connectivity index (χ1v) is 7.31. The number of carbonyl (C=O) groups is 1. The Bertz CT molecular complexity index is 427. The van der Waals surface area contributed by atoms with Gasteiger partial charge in [-0.3, -0.25) is 4.79 Å². The molecular weight excluding hydrogens is 254 g/mol. The number of nitrogens with zero attached hydrogens (tertiary/aromatic N) is 1. The first-order valence-electron chi connectivity index (χ1n) is 7.31. The highest BCUT2D eigenvalue weighted by atomic mass is 16.3. The second kappa shape index (κ2) is 7.43. The van der Waals surface area contributed by atoms with Gasteiger partial charge < -0.3 is 15.5 Å². The second-order valence-corrected chi connectivity index (χ2v) is 6.31. The van der Waals surface area contributed by atoms with Crippen molar-refractivity contribution in [1.29, 1.82) is 0 Å². The Kier molecular flexibility index (Phi) is 6.20. The molecule has 1 aromatic rings. The number of rotatable bonds is 7. The summed E-state index contributed by atoms with van der Waals surface area (Å²) >= 11 is 0. The molecule has 3 N–H and O–H groups in total. The highest BCUT2D eigenvalue weighted by molar-refractivity contribution is 5.92. The Balaban J connectivity index is 2.60. The maximum absolute atomic E-state index is 12.0. The Labute approximate surface area is 121 Å². The normalized spacial score (nSPS) is 14.6. The summed E-state index contributed by atoms with van der Waals surface area (Å²) < 4.78 is 5.31. The first kappa shape index (κ1) is 16.7. The Hall–Kier alpha value is -1.36. The van der Waals surface area contributed by atoms with Crippen LogP contribution in [-0.2, 0) is 0 Å². The van der Waals surface area contributed by atoms with E-state index >= 15 is 0 Å². The molecule has 1 heterocycles. The van der Waals surface area contributed by atoms with Crippen molar-refractivity contribution in [3.63, 3.8) is 0 Å². The number of nitrogens with two attached hydrogens (primary N) is 1. The number of carbonyl (C=O) groups excluding carboxylic acids is 1. The molecule has 0 aliphatic rings. The fourth-order valence-corrected chi connectivity index (χ4v) is 2.23. The second-order valence-electron chi connectivity index (χ2n) is 6.31. The van der Waals surface area contributed by atoms with E-state index < -0.39 is 0 Å². The van der Waals surface area contributed by atoms with Crippen LogP contribution in [0.3, 0.4) is 0 Å². The zero-order valence-electron chi connectivity index (χ0n) is 13.1. The van der Waals surface area contributed by atoms with Crippen LogP contribution >= 0.6 is 0 Å². The van der Waals surface area contributed by atoms with Gasteiger partial charge in [0.2, 0.25) is 5.89 Å². The summed E-state index contributed by atoms with van der Waals surface area (Å²) in [5.74, 6) is 1.23. The molecule has 20 heavy (non-hydrogen) atoms. The molecule has 0 aromatic carbocycles. The molecule has 0 radical (unpaired) electrons. The van der Waals surface area contributed by atoms with Gasteiger partial charge in [0.25, 0.3) is 5.91 Å². The average Bonchev–Trinajstić information content (AvgIpc) is 2.75. The van der Waals surface area contributed by atoms with Crippen molar-refractivity contribution in [2.24, 2.45) is 17.6 Å². The Morgan fingerprint density at radius 2 is 1.85 bits per heavy atom. The van der Waals surface area contributed by atoms with Crippen LogP contribution in [-0.4, -0.2) is 16.9 Å². The number of aromatic nitrogens is 1. The third-order valence-corrected chi connectivity index (χ3v) is 3.00. The summed E-state index contributed by atoms with van der Waals surface area (Å²) in [7, 11) is 0. The van der Waals surface area contributed by atoms with Gasteiger partial charge in [0.15, 0.2) is 5.69 Å². The van der Waals surface area contributed by atoms with Crippen LogP contribution in [0.15, 0.2) is 10.7 Å². The van der Waals surface area contributed by atoms with Gasteiger partial charge in [-0.1, -0.05) is 27.7 Å². The molecule has 0 saturated heterocycles. The summed E-state index contributed by atoms with van der Waals surface area (Å²) in [6, 6.07) is -0.142. The lowest BCUT2D eigenvalue weighted by molar-refractivity contribution is 0.0931. The number of nitrogens with one attached hydrogen (secondary N) is 1. The van der Waals surface area contributed by atoms with Crippen molar-refractivity contribution in [1.82, 2.24) is 10.3 Å². The number of oxazole rings is 1. The van der Waals surface area contributed by atoms with Crippen LogP contribution in [0.2, 0.25) is 0 Å². The van der Waals surface area contributed by atoms with Crippen LogP contribution in [0.4, 0.5) is 0 Å². The van der Waals surface area contributed by atoms with Gasteiger partial charge in [0.1, 0.15) is 6.26 Å². The molecule has 2 atom stereocenters. The summed E-state index contributed by atoms with van der Waals surface area (Å²) in [4.78, 5) is 16.2. The van der Waals surface area contributed by atoms with Gasteiger partial charge in [-0.25, -0.2) is 4.98 Å². The lowest BCUT2D eigenvalue weighted by Crippen LogP contribution is -2.33. The largest absolute Gasteiger partial charge is 0.446 e. The zero-order valence-corrected chi connectivity index (χ0v) is 13.1. The SMILES string of the molecule is CC(C)CC(C)NC(=O)c1coc(C(N)CC(C)C)n1. The van der Waals surface area contributed by atoms with Crippen molar-refractivity contribution in [2.75, 3.05) is 0 Å². The van der Waals surface area contributed by atoms with E-state index in [-0.39, 0.29) is 18.0 Å². The van der Waals surface area contributed by atoms with Gasteiger partial charge >= 0.3 is 0 Å². The monoisotopic (exact) mass is 281 g/mol. The third-order valence-electron chi connectivity index (χ3n) is 3.00. The maximum atomic E-state index is 12.0. The quantitative estimate of drug-likeness (QED) is 0.805. The minimum absolute atomic E-state index is 0.118. The Morgan fingerprint density at radius 3 is 2.40 bits per heavy atom. The first-order chi connectivity index (χ1) is 9.29. The Morgan fingerprint density at radius 1 is 1.25 bits per heavy atom. The maximum Gasteiger partial charge on any atom is 0.273 e. The van der Waals surface area contributed by atoms with E-state index in [9.17, 15) is 4.79 Å². The summed E-state index contributed by atoms with van der Waals surface area (Å²) in [5, 5.41) is 2.92. The zero-order chi connectivity index (χ0) is 15.3. The summed E-state index contributed by atoms with van der Waals surface area (Å²) in [6.45, 7) is 10.4. The van der Waals surface area contributed by atoms with E-state index in [1.165, 1.54) is 6.26 Å². The lowest BCUT2D eigenvalue weighted by atomic mass is 10.0. The summed E-state index contributed by atoms with van der Waals surface area (Å²) in [6.07, 6.45) is 3.10. The fourth-order valence-electron chi connectivity index (χ4n) is 2.23. The molecule has 0 bridgehead atoms. The molecule has 5 nitrogen and oxygen atoms in total. The predicted molar refractivity (Wildman–Crippen MR) is 79.3 cm³/mol. The molecule has 5 heteroatoms. The molecule has 2 unspecified atom stereocenters. The van der Waals surface area contributed by atoms with E-state index in [1.807, 2.05) is 6.92 Å². The third kappa shape index (κ3) is 5.33. The summed E-state index contributed by atoms with van der Waals surface area (Å²) in [5.41, 5.74) is 6.29. The molecule has 114 valence electrons. The molecular formula is C15H27N3O2. The molecule has 0 aliphatic carbocycles. The minimum atomic E-state index is -0.260. The van der Waals surface area contributed by atoms with Crippen molar-refractivity contribution in [2.45, 2.75) is 59.5 Å². The van der Waals surface area contributed by atoms with E-state index in [1.54, 1.807) is 0 Å². The van der Waals surface area contributed by atoms with Gasteiger partial charge in [-0.15, -0.1) is 0 Å². The van der Waals surface area contributed by atoms with Gasteiger partial charge in [0.05, 0.1) is 6.04 Å². The molecule has 1 amide bonds. The smallest absolute Gasteiger partial charge is 0.273 e. The standard InChI is InChI=1S/C15H27N3O2/c1-9(2)6-11(5)17-14(19)13-8-20-15(18-13)12(16)7-10(3)4/h8-12H,6-7,16H2,1-5H3,(H,17,19). The van der Waals surface area contributed by atoms with Gasteiger partial charge in [-0.05, 0) is 31.6 Å². The number of hydrogen-bond donors (Lipinski definition) is 2. The van der Waals surface area contributed by atoms with Gasteiger partial charge in [0, 0.05) is 6.04 Å². The number of hydrogen-bond acceptors (Lipinski definition) is 4. The van der Waals surface area contributed by atoms with Crippen molar-refractivity contribution >= 4 is 5.91 Å². The minimum Gasteiger partial charge on any atom is -0.446 e. The van der Waals surface area contributed by atoms with E-state index in [0.717, 1.165) is 12.8 Å². The lowest BCUT2D eigenvalue weighted by Gasteiger charge is -2.14. The average molecular weight is 281 g/mol. The molecule has 1 aromatic heterocycles. The fraction of sp³-hybridized carbons (Fsp3) is 0.733. The van der Waals surface area contributed by atoms with Gasteiger partial charge in [-0.2, -0.15) is 0 Å². The van der Waals surface area contributed by atoms with Crippen LogP contribution < -0.4 is 11.1 Å². The van der Waals surface area contributed by atoms with Crippen LogP contribution in [0, 0.1) is 11.8 Å². The van der Waals surface area contributed by atoms with Crippen LogP contribution in [0.25, 0.3) is 0 Å². The van der Waals surface area contributed by atoms with Crippen LogP contribution in [0.5, 0.6) is 0 Å². The van der Waals surface area contributed by atoms with Crippen molar-refractivity contribution in [3.05, 3.63) is 17.8 Å². The van der Waals surface area contributed by atoms with E-state index in [4.69, 9.17) is 10.2 Å². The van der Waals surface area contributed by atoms with E-state index in [0.29, 0.717) is 23.4 Å². The molecule has 0 spiro atoms. The van der Waals surface area contributed by atoms with E-state index in [2.05, 4.69) is 38.0 Å². The van der Waals surface area contributed by atoms with Crippen molar-refractivity contribution in [3.8, 4) is 0 Å². The molecule has 0 aliphatic heterocycles. The predicted octanol–water partition coefficient (Wildman–Crippen LogP) is 2.88. The molecule has 0 saturated carbocycles. The number of amides is 1.